The second-order valence-electron chi connectivity index (χ2n) is 5.83. The van der Waals surface area contributed by atoms with Crippen molar-refractivity contribution in [3.8, 4) is 0 Å². The fourth-order valence-corrected chi connectivity index (χ4v) is 3.44. The fraction of sp³-hybridized carbons (Fsp3) is 1.00. The van der Waals surface area contributed by atoms with Crippen molar-refractivity contribution >= 4 is 0 Å². The fourth-order valence-electron chi connectivity index (χ4n) is 3.44. The van der Waals surface area contributed by atoms with Gasteiger partial charge in [-0.1, -0.05) is 6.42 Å². The van der Waals surface area contributed by atoms with Gasteiger partial charge in [0.05, 0.1) is 0 Å². The number of likely N-dealkylation sites (tertiary alicyclic amines) is 1. The molecule has 0 aromatic carbocycles. The van der Waals surface area contributed by atoms with Crippen molar-refractivity contribution in [3.05, 3.63) is 0 Å². The molecule has 2 aliphatic rings. The summed E-state index contributed by atoms with van der Waals surface area (Å²) in [5, 5.41) is 0. The average Bonchev–Trinajstić information content (AvgIpc) is 2.15. The van der Waals surface area contributed by atoms with E-state index in [2.05, 4.69) is 37.5 Å². The molecule has 2 heteroatoms. The van der Waals surface area contributed by atoms with Crippen LogP contribution in [0.3, 0.4) is 0 Å². The zero-order chi connectivity index (χ0) is 11.0. The van der Waals surface area contributed by atoms with E-state index in [0.717, 1.165) is 24.2 Å². The van der Waals surface area contributed by atoms with E-state index in [9.17, 15) is 0 Å². The quantitative estimate of drug-likeness (QED) is 0.690. The molecule has 2 bridgehead atoms. The normalized spacial score (nSPS) is 34.0. The van der Waals surface area contributed by atoms with Gasteiger partial charge < -0.3 is 0 Å². The molecule has 2 heterocycles. The molecule has 2 unspecified atom stereocenters. The molecule has 0 spiro atoms. The van der Waals surface area contributed by atoms with E-state index in [1.165, 1.54) is 32.4 Å². The van der Waals surface area contributed by atoms with Gasteiger partial charge in [-0.3, -0.25) is 9.80 Å². The van der Waals surface area contributed by atoms with Crippen molar-refractivity contribution in [3.63, 3.8) is 0 Å². The Bertz CT molecular complexity index is 199. The molecule has 2 rings (SSSR count). The monoisotopic (exact) mass is 210 g/mol. The third-order valence-corrected chi connectivity index (χ3v) is 4.14. The number of piperidine rings is 1. The van der Waals surface area contributed by atoms with Gasteiger partial charge in [-0.05, 0) is 40.5 Å². The highest BCUT2D eigenvalue weighted by molar-refractivity contribution is 4.95. The van der Waals surface area contributed by atoms with Gasteiger partial charge in [0.1, 0.15) is 0 Å². The lowest BCUT2D eigenvalue weighted by molar-refractivity contribution is -0.0385. The minimum atomic E-state index is 0.724. The molecule has 0 aliphatic carbocycles. The predicted octanol–water partition coefficient (Wildman–Crippen LogP) is 2.34. The molecule has 88 valence electrons. The summed E-state index contributed by atoms with van der Waals surface area (Å²) in [4.78, 5) is 5.45. The second kappa shape index (κ2) is 4.42. The van der Waals surface area contributed by atoms with Crippen LogP contribution >= 0.6 is 0 Å². The van der Waals surface area contributed by atoms with E-state index in [4.69, 9.17) is 0 Å². The highest BCUT2D eigenvalue weighted by Gasteiger charge is 2.38. The van der Waals surface area contributed by atoms with Crippen molar-refractivity contribution < 1.29 is 0 Å². The Morgan fingerprint density at radius 1 is 0.867 bits per heavy atom. The van der Waals surface area contributed by atoms with Crippen LogP contribution in [0.5, 0.6) is 0 Å². The molecule has 2 aliphatic heterocycles. The summed E-state index contributed by atoms with van der Waals surface area (Å²) in [7, 11) is 0. The van der Waals surface area contributed by atoms with Crippen LogP contribution < -0.4 is 0 Å². The third kappa shape index (κ3) is 2.21. The van der Waals surface area contributed by atoms with E-state index in [-0.39, 0.29) is 0 Å². The maximum atomic E-state index is 2.78. The topological polar surface area (TPSA) is 6.48 Å². The Balaban J connectivity index is 2.08. The summed E-state index contributed by atoms with van der Waals surface area (Å²) in [6.45, 7) is 12.0. The molecule has 2 nitrogen and oxygen atoms in total. The number of nitrogens with zero attached hydrogens (tertiary/aromatic N) is 2. The smallest absolute Gasteiger partial charge is 0.0229 e. The zero-order valence-corrected chi connectivity index (χ0v) is 10.7. The molecule has 0 radical (unpaired) electrons. The molecule has 2 atom stereocenters. The van der Waals surface area contributed by atoms with E-state index >= 15 is 0 Å². The molecule has 15 heavy (non-hydrogen) atoms. The van der Waals surface area contributed by atoms with Gasteiger partial charge in [-0.15, -0.1) is 0 Å². The molecule has 2 fully saturated rings. The van der Waals surface area contributed by atoms with Crippen LogP contribution in [0.1, 0.15) is 47.0 Å². The van der Waals surface area contributed by atoms with Crippen LogP contribution in [-0.4, -0.2) is 47.1 Å². The lowest BCUT2D eigenvalue weighted by Gasteiger charge is -2.53. The van der Waals surface area contributed by atoms with Gasteiger partial charge >= 0.3 is 0 Å². The number of piperazine rings is 1. The SMILES string of the molecule is CC(C)N1CC2CCCC(C1)N2C(C)C. The number of fused-ring (bicyclic) bond motifs is 2. The first-order chi connectivity index (χ1) is 7.09. The van der Waals surface area contributed by atoms with Gasteiger partial charge in [-0.2, -0.15) is 0 Å². The first-order valence-electron chi connectivity index (χ1n) is 6.61. The van der Waals surface area contributed by atoms with E-state index in [1.807, 2.05) is 0 Å². The standard InChI is InChI=1S/C13H26N2/c1-10(2)14-8-12-6-5-7-13(9-14)15(12)11(3)4/h10-13H,5-9H2,1-4H3. The van der Waals surface area contributed by atoms with Crippen molar-refractivity contribution in [2.45, 2.75) is 71.1 Å². The van der Waals surface area contributed by atoms with Crippen LogP contribution in [0.15, 0.2) is 0 Å². The van der Waals surface area contributed by atoms with Gasteiger partial charge in [-0.25, -0.2) is 0 Å². The Kier molecular flexibility index (Phi) is 3.36. The Morgan fingerprint density at radius 2 is 1.40 bits per heavy atom. The molecular weight excluding hydrogens is 184 g/mol. The number of rotatable bonds is 2. The van der Waals surface area contributed by atoms with Crippen LogP contribution in [0.25, 0.3) is 0 Å². The molecule has 2 saturated heterocycles. The largest absolute Gasteiger partial charge is 0.298 e. The molecule has 0 aromatic heterocycles. The summed E-state index contributed by atoms with van der Waals surface area (Å²) in [5.74, 6) is 0. The number of hydrogen-bond acceptors (Lipinski definition) is 2. The molecular formula is C13H26N2. The Morgan fingerprint density at radius 3 is 1.80 bits per heavy atom. The van der Waals surface area contributed by atoms with Gasteiger partial charge in [0.25, 0.3) is 0 Å². The van der Waals surface area contributed by atoms with Crippen LogP contribution in [-0.2, 0) is 0 Å². The minimum Gasteiger partial charge on any atom is -0.298 e. The van der Waals surface area contributed by atoms with E-state index in [1.54, 1.807) is 0 Å². The van der Waals surface area contributed by atoms with Gasteiger partial charge in [0, 0.05) is 37.3 Å². The molecule has 0 aromatic rings. The van der Waals surface area contributed by atoms with Gasteiger partial charge in [0.15, 0.2) is 0 Å². The van der Waals surface area contributed by atoms with Crippen molar-refractivity contribution in [1.82, 2.24) is 9.80 Å². The van der Waals surface area contributed by atoms with Crippen LogP contribution in [0, 0.1) is 0 Å². The molecule has 0 N–H and O–H groups in total. The Hall–Kier alpha value is -0.0800. The first kappa shape index (κ1) is 11.4. The highest BCUT2D eigenvalue weighted by Crippen LogP contribution is 2.31. The molecule has 0 saturated carbocycles. The van der Waals surface area contributed by atoms with Crippen molar-refractivity contribution in [2.75, 3.05) is 13.1 Å². The predicted molar refractivity (Wildman–Crippen MR) is 65.1 cm³/mol. The average molecular weight is 210 g/mol. The molecule has 0 amide bonds. The van der Waals surface area contributed by atoms with Crippen LogP contribution in [0.2, 0.25) is 0 Å². The summed E-state index contributed by atoms with van der Waals surface area (Å²) >= 11 is 0. The zero-order valence-electron chi connectivity index (χ0n) is 10.7. The summed E-state index contributed by atoms with van der Waals surface area (Å²) in [5.41, 5.74) is 0. The lowest BCUT2D eigenvalue weighted by atomic mass is 9.89. The van der Waals surface area contributed by atoms with Gasteiger partial charge in [0.2, 0.25) is 0 Å². The minimum absolute atomic E-state index is 0.724. The summed E-state index contributed by atoms with van der Waals surface area (Å²) in [6.07, 6.45) is 4.28. The maximum Gasteiger partial charge on any atom is 0.0229 e. The second-order valence-corrected chi connectivity index (χ2v) is 5.83. The Labute approximate surface area is 94.6 Å². The third-order valence-electron chi connectivity index (χ3n) is 4.14. The maximum absolute atomic E-state index is 2.78. The van der Waals surface area contributed by atoms with Crippen molar-refractivity contribution in [1.29, 1.82) is 0 Å². The highest BCUT2D eigenvalue weighted by atomic mass is 15.3. The first-order valence-corrected chi connectivity index (χ1v) is 6.61. The van der Waals surface area contributed by atoms with E-state index in [0.29, 0.717) is 0 Å². The summed E-state index contributed by atoms with van der Waals surface area (Å²) < 4.78 is 0. The van der Waals surface area contributed by atoms with Crippen LogP contribution in [0.4, 0.5) is 0 Å². The number of hydrogen-bond donors (Lipinski definition) is 0. The van der Waals surface area contributed by atoms with Crippen molar-refractivity contribution in [2.24, 2.45) is 0 Å². The summed E-state index contributed by atoms with van der Waals surface area (Å²) in [6, 6.07) is 3.12. The van der Waals surface area contributed by atoms with E-state index < -0.39 is 0 Å². The lowest BCUT2D eigenvalue weighted by Crippen LogP contribution is -2.63.